The van der Waals surface area contributed by atoms with Crippen molar-refractivity contribution >= 4 is 35.2 Å². The van der Waals surface area contributed by atoms with Crippen LogP contribution in [0.5, 0.6) is 5.75 Å². The van der Waals surface area contributed by atoms with Crippen LogP contribution in [-0.2, 0) is 14.3 Å². The minimum absolute atomic E-state index is 0.0258. The topological polar surface area (TPSA) is 108 Å². The van der Waals surface area contributed by atoms with Crippen LogP contribution in [-0.4, -0.2) is 46.6 Å². The van der Waals surface area contributed by atoms with Crippen molar-refractivity contribution in [2.24, 2.45) is 5.92 Å². The highest BCUT2D eigenvalue weighted by Gasteiger charge is 2.36. The van der Waals surface area contributed by atoms with E-state index in [0.29, 0.717) is 22.7 Å². The number of likely N-dealkylation sites (N-methyl/N-ethyl adjacent to an activating group) is 1. The van der Waals surface area contributed by atoms with E-state index >= 15 is 0 Å². The third kappa shape index (κ3) is 7.62. The Labute approximate surface area is 218 Å². The van der Waals surface area contributed by atoms with Gasteiger partial charge in [-0.3, -0.25) is 9.59 Å². The van der Waals surface area contributed by atoms with Gasteiger partial charge in [0.1, 0.15) is 23.4 Å². The number of anilines is 1. The number of halogens is 1. The van der Waals surface area contributed by atoms with Crippen molar-refractivity contribution in [3.63, 3.8) is 0 Å². The van der Waals surface area contributed by atoms with Crippen LogP contribution >= 0.6 is 11.6 Å². The van der Waals surface area contributed by atoms with Crippen LogP contribution in [0.15, 0.2) is 42.5 Å². The van der Waals surface area contributed by atoms with E-state index in [2.05, 4.69) is 10.6 Å². The summed E-state index contributed by atoms with van der Waals surface area (Å²) in [5.41, 5.74) is 0.948. The summed E-state index contributed by atoms with van der Waals surface area (Å²) in [6.07, 6.45) is -0.110. The summed E-state index contributed by atoms with van der Waals surface area (Å²) in [6, 6.07) is 9.29. The van der Waals surface area contributed by atoms with Crippen LogP contribution in [0.25, 0.3) is 0 Å². The van der Waals surface area contributed by atoms with Gasteiger partial charge in [0.25, 0.3) is 5.91 Å². The molecule has 3 amide bonds. The Morgan fingerprint density at radius 1 is 1.11 bits per heavy atom. The van der Waals surface area contributed by atoms with Gasteiger partial charge in [-0.05, 0) is 62.9 Å². The average molecular weight is 518 g/mol. The van der Waals surface area contributed by atoms with Gasteiger partial charge < -0.3 is 25.4 Å². The van der Waals surface area contributed by atoms with E-state index in [9.17, 15) is 19.5 Å². The molecule has 0 aromatic heterocycles. The van der Waals surface area contributed by atoms with E-state index < -0.39 is 35.6 Å². The summed E-state index contributed by atoms with van der Waals surface area (Å²) < 4.78 is 5.36. The van der Waals surface area contributed by atoms with Crippen molar-refractivity contribution in [1.82, 2.24) is 10.2 Å². The number of hydrogen-bond donors (Lipinski definition) is 3. The van der Waals surface area contributed by atoms with Gasteiger partial charge in [-0.25, -0.2) is 4.79 Å². The van der Waals surface area contributed by atoms with Gasteiger partial charge in [0.2, 0.25) is 5.91 Å². The molecule has 0 saturated carbocycles. The van der Waals surface area contributed by atoms with Crippen LogP contribution in [0, 0.1) is 12.8 Å². The zero-order valence-corrected chi connectivity index (χ0v) is 22.6. The molecule has 0 fully saturated rings. The van der Waals surface area contributed by atoms with Gasteiger partial charge in [-0.2, -0.15) is 0 Å². The van der Waals surface area contributed by atoms with Crippen molar-refractivity contribution in [2.75, 3.05) is 12.4 Å². The first-order valence-corrected chi connectivity index (χ1v) is 12.2. The van der Waals surface area contributed by atoms with Crippen molar-refractivity contribution in [3.05, 3.63) is 58.6 Å². The van der Waals surface area contributed by atoms with E-state index in [4.69, 9.17) is 16.3 Å². The van der Waals surface area contributed by atoms with Gasteiger partial charge in [-0.15, -0.1) is 0 Å². The fourth-order valence-electron chi connectivity index (χ4n) is 3.65. The average Bonchev–Trinajstić information content (AvgIpc) is 2.79. The SMILES string of the molecule is CCC(C)C(NC(=O)OC(C)(C)C)C(=O)N(C)C(C(=O)Nc1c(C)cccc1Cl)c1ccc(O)cc1. The van der Waals surface area contributed by atoms with Gasteiger partial charge in [0.05, 0.1) is 10.7 Å². The number of nitrogens with zero attached hydrogens (tertiary/aromatic N) is 1. The minimum Gasteiger partial charge on any atom is -0.508 e. The summed E-state index contributed by atoms with van der Waals surface area (Å²) in [7, 11) is 1.51. The largest absolute Gasteiger partial charge is 0.508 e. The van der Waals surface area contributed by atoms with Gasteiger partial charge in [0, 0.05) is 7.05 Å². The van der Waals surface area contributed by atoms with E-state index in [1.165, 1.54) is 24.1 Å². The van der Waals surface area contributed by atoms with E-state index in [1.807, 2.05) is 26.8 Å². The number of hydrogen-bond acceptors (Lipinski definition) is 5. The highest BCUT2D eigenvalue weighted by atomic mass is 35.5. The molecule has 0 radical (unpaired) electrons. The van der Waals surface area contributed by atoms with Crippen molar-refractivity contribution in [1.29, 1.82) is 0 Å². The number of amides is 3. The fourth-order valence-corrected chi connectivity index (χ4v) is 3.92. The number of nitrogens with one attached hydrogen (secondary N) is 2. The molecule has 0 aliphatic rings. The van der Waals surface area contributed by atoms with E-state index in [-0.39, 0.29) is 11.7 Å². The molecule has 2 rings (SSSR count). The first kappa shape index (κ1) is 29.0. The summed E-state index contributed by atoms with van der Waals surface area (Å²) in [4.78, 5) is 41.1. The summed E-state index contributed by atoms with van der Waals surface area (Å²) in [5, 5.41) is 15.6. The fraction of sp³-hybridized carbons (Fsp3) is 0.444. The summed E-state index contributed by atoms with van der Waals surface area (Å²) in [5.74, 6) is -1.16. The molecule has 0 aliphatic carbocycles. The van der Waals surface area contributed by atoms with Crippen molar-refractivity contribution in [2.45, 2.75) is 65.6 Å². The molecule has 2 aromatic rings. The first-order valence-electron chi connectivity index (χ1n) is 11.9. The van der Waals surface area contributed by atoms with Gasteiger partial charge >= 0.3 is 6.09 Å². The number of benzene rings is 2. The molecule has 3 atom stereocenters. The third-order valence-electron chi connectivity index (χ3n) is 5.81. The lowest BCUT2D eigenvalue weighted by Gasteiger charge is -2.33. The quantitative estimate of drug-likeness (QED) is 0.432. The molecule has 0 spiro atoms. The molecule has 0 bridgehead atoms. The number of alkyl carbamates (subject to hydrolysis) is 1. The lowest BCUT2D eigenvalue weighted by atomic mass is 9.96. The molecule has 3 unspecified atom stereocenters. The number of carbonyl (C=O) groups is 3. The number of aryl methyl sites for hydroxylation is 1. The van der Waals surface area contributed by atoms with Crippen LogP contribution < -0.4 is 10.6 Å². The summed E-state index contributed by atoms with van der Waals surface area (Å²) in [6.45, 7) is 10.8. The monoisotopic (exact) mass is 517 g/mol. The minimum atomic E-state index is -1.07. The molecule has 196 valence electrons. The molecule has 36 heavy (non-hydrogen) atoms. The molecule has 0 saturated heterocycles. The number of rotatable bonds is 8. The van der Waals surface area contributed by atoms with E-state index in [0.717, 1.165) is 5.56 Å². The van der Waals surface area contributed by atoms with Crippen LogP contribution in [0.2, 0.25) is 5.02 Å². The smallest absolute Gasteiger partial charge is 0.408 e. The Bertz CT molecular complexity index is 1060. The zero-order valence-electron chi connectivity index (χ0n) is 21.9. The van der Waals surface area contributed by atoms with Gasteiger partial charge in [-0.1, -0.05) is 56.1 Å². The van der Waals surface area contributed by atoms with Crippen molar-refractivity contribution in [3.8, 4) is 5.75 Å². The maximum Gasteiger partial charge on any atom is 0.408 e. The predicted octanol–water partition coefficient (Wildman–Crippen LogP) is 5.43. The number of para-hydroxylation sites is 1. The molecule has 2 aromatic carbocycles. The number of carbonyl (C=O) groups excluding carboxylic acids is 3. The normalized spacial score (nSPS) is 13.8. The Morgan fingerprint density at radius 3 is 2.25 bits per heavy atom. The lowest BCUT2D eigenvalue weighted by Crippen LogP contribution is -2.53. The second-order valence-corrected chi connectivity index (χ2v) is 10.3. The predicted molar refractivity (Wildman–Crippen MR) is 141 cm³/mol. The Balaban J connectivity index is 2.43. The van der Waals surface area contributed by atoms with Crippen LogP contribution in [0.4, 0.5) is 10.5 Å². The molecular formula is C27H36ClN3O5. The number of phenols is 1. The molecule has 0 aliphatic heterocycles. The Hall–Kier alpha value is -3.26. The second kappa shape index (κ2) is 12.1. The number of phenolic OH excluding ortho intramolecular Hbond substituents is 1. The second-order valence-electron chi connectivity index (χ2n) is 9.87. The lowest BCUT2D eigenvalue weighted by molar-refractivity contribution is -0.140. The third-order valence-corrected chi connectivity index (χ3v) is 6.13. The van der Waals surface area contributed by atoms with Gasteiger partial charge in [0.15, 0.2) is 0 Å². The summed E-state index contributed by atoms with van der Waals surface area (Å²) >= 11 is 6.32. The Morgan fingerprint density at radius 2 is 1.72 bits per heavy atom. The van der Waals surface area contributed by atoms with Crippen molar-refractivity contribution < 1.29 is 24.2 Å². The highest BCUT2D eigenvalue weighted by Crippen LogP contribution is 2.30. The number of ether oxygens (including phenoxy) is 1. The maximum absolute atomic E-state index is 13.7. The maximum atomic E-state index is 13.7. The molecule has 0 heterocycles. The Kier molecular flexibility index (Phi) is 9.76. The van der Waals surface area contributed by atoms with E-state index in [1.54, 1.807) is 45.0 Å². The highest BCUT2D eigenvalue weighted by molar-refractivity contribution is 6.34. The molecule has 3 N–H and O–H groups in total. The van der Waals surface area contributed by atoms with Crippen LogP contribution in [0.3, 0.4) is 0 Å². The van der Waals surface area contributed by atoms with Crippen LogP contribution in [0.1, 0.15) is 58.2 Å². The molecule has 8 nitrogen and oxygen atoms in total. The standard InChI is InChI=1S/C27H36ClN3O5/c1-8-16(2)22(30-26(35)36-27(4,5)6)25(34)31(7)23(18-12-14-19(32)15-13-18)24(33)29-21-17(3)10-9-11-20(21)28/h9-16,22-23,32H,8H2,1-7H3,(H,29,33)(H,30,35). The molecular weight excluding hydrogens is 482 g/mol. The zero-order chi connectivity index (χ0) is 27.2. The molecule has 9 heteroatoms. The number of aromatic hydroxyl groups is 1. The first-order chi connectivity index (χ1) is 16.7.